The summed E-state index contributed by atoms with van der Waals surface area (Å²) in [5, 5.41) is 19.3. The van der Waals surface area contributed by atoms with E-state index in [2.05, 4.69) is 0 Å². The molecule has 2 rings (SSSR count). The fourth-order valence-electron chi connectivity index (χ4n) is 2.93. The molecule has 0 atom stereocenters. The maximum absolute atomic E-state index is 13.2. The number of hydrogen-bond donors (Lipinski definition) is 2. The standard InChI is InChI=1S/C21H24Cl2N2O5.ClH/c1-24(2)9-13-7-12(8-14(20(13)28)10-25(3)4)21(29)15-5-6-16(19(23)18(15)22)30-11-17(26)27;/h5-8,28H,9-11H2,1-4H3,(H,26,27);1H. The van der Waals surface area contributed by atoms with Gasteiger partial charge < -0.3 is 24.7 Å². The van der Waals surface area contributed by atoms with Crippen LogP contribution in [-0.2, 0) is 17.9 Å². The van der Waals surface area contributed by atoms with Crippen molar-refractivity contribution in [3.8, 4) is 11.5 Å². The number of aromatic hydroxyl groups is 1. The zero-order chi connectivity index (χ0) is 22.6. The van der Waals surface area contributed by atoms with Gasteiger partial charge in [0, 0.05) is 35.3 Å². The Labute approximate surface area is 197 Å². The Morgan fingerprint density at radius 1 is 0.968 bits per heavy atom. The van der Waals surface area contributed by atoms with Gasteiger partial charge in [0.25, 0.3) is 0 Å². The molecule has 0 spiro atoms. The third-order valence-electron chi connectivity index (χ3n) is 4.15. The molecule has 0 heterocycles. The van der Waals surface area contributed by atoms with Crippen molar-refractivity contribution < 1.29 is 24.5 Å². The summed E-state index contributed by atoms with van der Waals surface area (Å²) in [6.07, 6.45) is 0. The Morgan fingerprint density at radius 3 is 1.94 bits per heavy atom. The SMILES string of the molecule is CN(C)Cc1cc(C(=O)c2ccc(OCC(=O)O)c(Cl)c2Cl)cc(CN(C)C)c1O.Cl. The lowest BCUT2D eigenvalue weighted by atomic mass is 9.97. The fraction of sp³-hybridized carbons (Fsp3) is 0.333. The van der Waals surface area contributed by atoms with Gasteiger partial charge in [-0.1, -0.05) is 23.2 Å². The summed E-state index contributed by atoms with van der Waals surface area (Å²) in [4.78, 5) is 27.7. The highest BCUT2D eigenvalue weighted by Crippen LogP contribution is 2.36. The highest BCUT2D eigenvalue weighted by atomic mass is 35.5. The van der Waals surface area contributed by atoms with Crippen LogP contribution in [0.1, 0.15) is 27.0 Å². The average Bonchev–Trinajstić information content (AvgIpc) is 2.64. The molecule has 0 saturated carbocycles. The van der Waals surface area contributed by atoms with E-state index in [4.69, 9.17) is 33.0 Å². The number of carboxylic acids is 1. The first-order valence-corrected chi connectivity index (χ1v) is 9.78. The van der Waals surface area contributed by atoms with E-state index in [1.54, 1.807) is 12.1 Å². The van der Waals surface area contributed by atoms with Gasteiger partial charge in [0.15, 0.2) is 12.4 Å². The molecular weight excluding hydrogens is 467 g/mol. The summed E-state index contributed by atoms with van der Waals surface area (Å²) < 4.78 is 5.09. The van der Waals surface area contributed by atoms with E-state index in [9.17, 15) is 14.7 Å². The number of halogens is 3. The van der Waals surface area contributed by atoms with Crippen LogP contribution in [0.5, 0.6) is 11.5 Å². The highest BCUT2D eigenvalue weighted by Gasteiger charge is 2.21. The second kappa shape index (κ2) is 11.5. The van der Waals surface area contributed by atoms with Gasteiger partial charge in [-0.05, 0) is 52.5 Å². The second-order valence-corrected chi connectivity index (χ2v) is 8.13. The number of carbonyl (C=O) groups excluding carboxylic acids is 1. The van der Waals surface area contributed by atoms with Gasteiger partial charge >= 0.3 is 5.97 Å². The lowest BCUT2D eigenvalue weighted by Crippen LogP contribution is -2.15. The summed E-state index contributed by atoms with van der Waals surface area (Å²) >= 11 is 12.5. The molecule has 170 valence electrons. The van der Waals surface area contributed by atoms with Crippen LogP contribution in [0.4, 0.5) is 0 Å². The average molecular weight is 492 g/mol. The predicted molar refractivity (Wildman–Crippen MR) is 123 cm³/mol. The molecule has 10 heteroatoms. The Morgan fingerprint density at radius 2 is 1.48 bits per heavy atom. The van der Waals surface area contributed by atoms with E-state index in [0.717, 1.165) is 0 Å². The van der Waals surface area contributed by atoms with Crippen molar-refractivity contribution in [1.29, 1.82) is 0 Å². The molecule has 2 aromatic carbocycles. The van der Waals surface area contributed by atoms with Crippen LogP contribution in [0, 0.1) is 0 Å². The molecule has 2 aromatic rings. The molecule has 0 aliphatic carbocycles. The normalized spacial score (nSPS) is 10.8. The van der Waals surface area contributed by atoms with Crippen LogP contribution in [-0.4, -0.2) is 66.6 Å². The highest BCUT2D eigenvalue weighted by molar-refractivity contribution is 6.45. The number of nitrogens with zero attached hydrogens (tertiary/aromatic N) is 2. The minimum atomic E-state index is -1.16. The Balaban J connectivity index is 0.00000480. The Kier molecular flexibility index (Phi) is 10.1. The molecule has 2 N–H and O–H groups in total. The van der Waals surface area contributed by atoms with Crippen molar-refractivity contribution in [2.45, 2.75) is 13.1 Å². The van der Waals surface area contributed by atoms with Crippen LogP contribution in [0.3, 0.4) is 0 Å². The number of ketones is 1. The van der Waals surface area contributed by atoms with E-state index < -0.39 is 12.6 Å². The quantitative estimate of drug-likeness (QED) is 0.514. The van der Waals surface area contributed by atoms with Crippen LogP contribution >= 0.6 is 35.6 Å². The van der Waals surface area contributed by atoms with Crippen LogP contribution < -0.4 is 4.74 Å². The lowest BCUT2D eigenvalue weighted by molar-refractivity contribution is -0.139. The number of rotatable bonds is 9. The first-order valence-electron chi connectivity index (χ1n) is 9.02. The molecule has 0 unspecified atom stereocenters. The smallest absolute Gasteiger partial charge is 0.341 e. The van der Waals surface area contributed by atoms with Gasteiger partial charge in [-0.3, -0.25) is 4.79 Å². The molecule has 0 aromatic heterocycles. The molecule has 0 radical (unpaired) electrons. The predicted octanol–water partition coefficient (Wildman–Crippen LogP) is 3.94. The maximum atomic E-state index is 13.2. The van der Waals surface area contributed by atoms with Gasteiger partial charge in [0.1, 0.15) is 16.5 Å². The number of carboxylic acid groups (broad SMARTS) is 1. The number of aliphatic carboxylic acids is 1. The number of phenols is 1. The summed E-state index contributed by atoms with van der Waals surface area (Å²) in [5.74, 6) is -1.30. The molecule has 0 aliphatic heterocycles. The number of benzene rings is 2. The van der Waals surface area contributed by atoms with E-state index in [1.165, 1.54) is 12.1 Å². The zero-order valence-electron chi connectivity index (χ0n) is 17.6. The molecule has 0 bridgehead atoms. The van der Waals surface area contributed by atoms with E-state index in [-0.39, 0.29) is 45.3 Å². The summed E-state index contributed by atoms with van der Waals surface area (Å²) in [6, 6.07) is 6.12. The largest absolute Gasteiger partial charge is 0.507 e. The van der Waals surface area contributed by atoms with Crippen LogP contribution in [0.25, 0.3) is 0 Å². The van der Waals surface area contributed by atoms with Gasteiger partial charge in [0.2, 0.25) is 0 Å². The van der Waals surface area contributed by atoms with Crippen molar-refractivity contribution >= 4 is 47.4 Å². The minimum Gasteiger partial charge on any atom is -0.507 e. The van der Waals surface area contributed by atoms with Crippen LogP contribution in [0.2, 0.25) is 10.0 Å². The van der Waals surface area contributed by atoms with Gasteiger partial charge in [-0.25, -0.2) is 4.79 Å². The maximum Gasteiger partial charge on any atom is 0.341 e. The first-order chi connectivity index (χ1) is 14.0. The van der Waals surface area contributed by atoms with Gasteiger partial charge in [-0.15, -0.1) is 12.4 Å². The van der Waals surface area contributed by atoms with Crippen LogP contribution in [0.15, 0.2) is 24.3 Å². The van der Waals surface area contributed by atoms with Crippen molar-refractivity contribution in [2.75, 3.05) is 34.8 Å². The summed E-state index contributed by atoms with van der Waals surface area (Å²) in [5.41, 5.74) is 1.75. The molecule has 7 nitrogen and oxygen atoms in total. The molecule has 0 amide bonds. The number of hydrogen-bond acceptors (Lipinski definition) is 6. The third-order valence-corrected chi connectivity index (χ3v) is 5.01. The zero-order valence-corrected chi connectivity index (χ0v) is 19.9. The monoisotopic (exact) mass is 490 g/mol. The van der Waals surface area contributed by atoms with E-state index in [1.807, 2.05) is 38.0 Å². The topological polar surface area (TPSA) is 90.3 Å². The van der Waals surface area contributed by atoms with Gasteiger partial charge in [0.05, 0.1) is 5.02 Å². The third kappa shape index (κ3) is 6.98. The van der Waals surface area contributed by atoms with Crippen molar-refractivity contribution in [3.63, 3.8) is 0 Å². The first kappa shape index (κ1) is 27.0. The number of carbonyl (C=O) groups is 2. The summed E-state index contributed by atoms with van der Waals surface area (Å²) in [7, 11) is 7.47. The molecule has 0 aliphatic rings. The van der Waals surface area contributed by atoms with Crippen molar-refractivity contribution in [2.24, 2.45) is 0 Å². The van der Waals surface area contributed by atoms with Crippen molar-refractivity contribution in [3.05, 3.63) is 56.6 Å². The van der Waals surface area contributed by atoms with Crippen molar-refractivity contribution in [1.82, 2.24) is 9.80 Å². The van der Waals surface area contributed by atoms with Gasteiger partial charge in [-0.2, -0.15) is 0 Å². The molecule has 0 fully saturated rings. The molecular formula is C21H25Cl3N2O5. The number of phenolic OH excluding ortho intramolecular Hbond substituents is 1. The molecule has 31 heavy (non-hydrogen) atoms. The van der Waals surface area contributed by atoms with E-state index >= 15 is 0 Å². The van der Waals surface area contributed by atoms with E-state index in [0.29, 0.717) is 29.8 Å². The lowest BCUT2D eigenvalue weighted by Gasteiger charge is -2.18. The minimum absolute atomic E-state index is 0. The Bertz CT molecular complexity index is 933. The summed E-state index contributed by atoms with van der Waals surface area (Å²) in [6.45, 7) is 0.316. The Hall–Kier alpha value is -2.03. The number of ether oxygens (including phenoxy) is 1. The second-order valence-electron chi connectivity index (χ2n) is 7.37. The fourth-order valence-corrected chi connectivity index (χ4v) is 3.39. The molecule has 0 saturated heterocycles.